The first kappa shape index (κ1) is 17.2. The molecule has 3 fully saturated rings. The lowest BCUT2D eigenvalue weighted by Crippen LogP contribution is -2.40. The molecule has 23 heavy (non-hydrogen) atoms. The molecule has 0 spiro atoms. The van der Waals surface area contributed by atoms with E-state index >= 15 is 0 Å². The lowest BCUT2D eigenvalue weighted by atomic mass is 9.70. The summed E-state index contributed by atoms with van der Waals surface area (Å²) < 4.78 is 5.83. The second-order valence-electron chi connectivity index (χ2n) is 9.02. The van der Waals surface area contributed by atoms with E-state index in [0.717, 1.165) is 25.7 Å². The van der Waals surface area contributed by atoms with Crippen molar-refractivity contribution in [1.82, 2.24) is 0 Å². The van der Waals surface area contributed by atoms with E-state index in [2.05, 4.69) is 26.8 Å². The van der Waals surface area contributed by atoms with E-state index in [-0.39, 0.29) is 23.2 Å². The van der Waals surface area contributed by atoms with Crippen LogP contribution in [0.15, 0.2) is 23.8 Å². The monoisotopic (exact) mass is 320 g/mol. The van der Waals surface area contributed by atoms with E-state index in [1.165, 1.54) is 5.57 Å². The smallest absolute Gasteiger partial charge is 0.113 e. The molecule has 3 heteroatoms. The molecular weight excluding hydrogens is 288 g/mol. The summed E-state index contributed by atoms with van der Waals surface area (Å²) in [6.45, 7) is 10.2. The standard InChI is InChI=1S/C20H32O3/c1-13(7-6-10-18(2,3)22)14-8-11-19(4)15(14)9-12-20(5)17(23-20)16(19)21/h6-7,10,14-17,21-22H,8-9,11-12H2,1-5H3. The molecule has 0 radical (unpaired) electrons. The molecule has 1 saturated heterocycles. The maximum atomic E-state index is 10.9. The third kappa shape index (κ3) is 3.04. The number of epoxide rings is 1. The van der Waals surface area contributed by atoms with Gasteiger partial charge in [0.1, 0.15) is 6.10 Å². The van der Waals surface area contributed by atoms with Gasteiger partial charge in [0, 0.05) is 0 Å². The average molecular weight is 320 g/mol. The number of ether oxygens (including phenoxy) is 1. The van der Waals surface area contributed by atoms with Crippen molar-refractivity contribution in [2.45, 2.75) is 83.7 Å². The Bertz CT molecular complexity index is 529. The predicted octanol–water partition coefficient (Wildman–Crippen LogP) is 3.60. The quantitative estimate of drug-likeness (QED) is 0.617. The van der Waals surface area contributed by atoms with Crippen LogP contribution in [0, 0.1) is 17.3 Å². The van der Waals surface area contributed by atoms with Crippen molar-refractivity contribution in [3.05, 3.63) is 23.8 Å². The minimum Gasteiger partial charge on any atom is -0.390 e. The zero-order valence-corrected chi connectivity index (χ0v) is 15.2. The van der Waals surface area contributed by atoms with Crippen LogP contribution in [0.25, 0.3) is 0 Å². The fourth-order valence-electron chi connectivity index (χ4n) is 4.96. The average Bonchev–Trinajstić information content (AvgIpc) is 2.99. The highest BCUT2D eigenvalue weighted by Crippen LogP contribution is 2.61. The van der Waals surface area contributed by atoms with Crippen molar-refractivity contribution in [2.24, 2.45) is 17.3 Å². The van der Waals surface area contributed by atoms with Crippen LogP contribution in [0.1, 0.15) is 60.3 Å². The molecule has 0 aromatic carbocycles. The SMILES string of the molecule is CC(=CC=CC(C)(C)O)C1CCC2(C)C(O)C3OC3(C)CCC12. The minimum atomic E-state index is -0.771. The molecule has 0 aromatic rings. The van der Waals surface area contributed by atoms with E-state index in [0.29, 0.717) is 11.8 Å². The molecule has 130 valence electrons. The van der Waals surface area contributed by atoms with Crippen molar-refractivity contribution in [2.75, 3.05) is 0 Å². The van der Waals surface area contributed by atoms with Gasteiger partial charge in [0.25, 0.3) is 0 Å². The van der Waals surface area contributed by atoms with E-state index < -0.39 is 5.60 Å². The van der Waals surface area contributed by atoms with E-state index in [1.54, 1.807) is 13.8 Å². The maximum absolute atomic E-state index is 10.9. The highest BCUT2D eigenvalue weighted by atomic mass is 16.6. The van der Waals surface area contributed by atoms with Gasteiger partial charge in [-0.15, -0.1) is 0 Å². The minimum absolute atomic E-state index is 0.0291. The fraction of sp³-hybridized carbons (Fsp3) is 0.800. The van der Waals surface area contributed by atoms with Crippen LogP contribution in [0.4, 0.5) is 0 Å². The van der Waals surface area contributed by atoms with Crippen molar-refractivity contribution in [3.8, 4) is 0 Å². The molecule has 3 aliphatic rings. The summed E-state index contributed by atoms with van der Waals surface area (Å²) in [6.07, 6.45) is 10.0. The van der Waals surface area contributed by atoms with Crippen LogP contribution in [0.2, 0.25) is 0 Å². The van der Waals surface area contributed by atoms with Gasteiger partial charge in [-0.3, -0.25) is 0 Å². The number of aliphatic hydroxyl groups excluding tert-OH is 1. The first-order valence-electron chi connectivity index (χ1n) is 9.01. The predicted molar refractivity (Wildman–Crippen MR) is 92.0 cm³/mol. The molecule has 3 rings (SSSR count). The molecule has 6 unspecified atom stereocenters. The summed E-state index contributed by atoms with van der Waals surface area (Å²) in [5, 5.41) is 20.7. The molecule has 3 nitrogen and oxygen atoms in total. The van der Waals surface area contributed by atoms with Gasteiger partial charge in [-0.25, -0.2) is 0 Å². The van der Waals surface area contributed by atoms with Crippen LogP contribution in [0.5, 0.6) is 0 Å². The zero-order valence-electron chi connectivity index (χ0n) is 15.2. The Kier molecular flexibility index (Phi) is 4.06. The van der Waals surface area contributed by atoms with Crippen LogP contribution in [-0.4, -0.2) is 33.6 Å². The largest absolute Gasteiger partial charge is 0.390 e. The molecule has 2 saturated carbocycles. The van der Waals surface area contributed by atoms with Crippen LogP contribution in [0.3, 0.4) is 0 Å². The lowest BCUT2D eigenvalue weighted by Gasteiger charge is -2.37. The Balaban J connectivity index is 1.78. The first-order valence-corrected chi connectivity index (χ1v) is 9.01. The summed E-state index contributed by atoms with van der Waals surface area (Å²) in [7, 11) is 0. The summed E-state index contributed by atoms with van der Waals surface area (Å²) in [5.74, 6) is 1.06. The van der Waals surface area contributed by atoms with Crippen molar-refractivity contribution < 1.29 is 14.9 Å². The number of aliphatic hydroxyl groups is 2. The van der Waals surface area contributed by atoms with Crippen LogP contribution >= 0.6 is 0 Å². The van der Waals surface area contributed by atoms with Gasteiger partial charge < -0.3 is 14.9 Å². The van der Waals surface area contributed by atoms with Gasteiger partial charge >= 0.3 is 0 Å². The second kappa shape index (κ2) is 5.44. The topological polar surface area (TPSA) is 53.0 Å². The summed E-state index contributed by atoms with van der Waals surface area (Å²) in [4.78, 5) is 0. The molecule has 6 atom stereocenters. The Hall–Kier alpha value is -0.640. The highest BCUT2D eigenvalue weighted by molar-refractivity contribution is 5.22. The molecule has 2 aliphatic carbocycles. The highest BCUT2D eigenvalue weighted by Gasteiger charge is 2.65. The second-order valence-corrected chi connectivity index (χ2v) is 9.02. The van der Waals surface area contributed by atoms with Gasteiger partial charge in [0.2, 0.25) is 0 Å². The van der Waals surface area contributed by atoms with Gasteiger partial charge in [-0.1, -0.05) is 30.7 Å². The Labute approximate surface area is 140 Å². The summed E-state index contributed by atoms with van der Waals surface area (Å²) >= 11 is 0. The number of hydrogen-bond acceptors (Lipinski definition) is 3. The maximum Gasteiger partial charge on any atom is 0.113 e. The first-order chi connectivity index (χ1) is 10.6. The molecule has 0 amide bonds. The number of fused-ring (bicyclic) bond motifs is 2. The Morgan fingerprint density at radius 1 is 1.22 bits per heavy atom. The lowest BCUT2D eigenvalue weighted by molar-refractivity contribution is -0.0165. The molecule has 1 heterocycles. The van der Waals surface area contributed by atoms with Crippen molar-refractivity contribution in [3.63, 3.8) is 0 Å². The van der Waals surface area contributed by atoms with E-state index in [4.69, 9.17) is 4.74 Å². The van der Waals surface area contributed by atoms with Gasteiger partial charge in [-0.05, 0) is 70.6 Å². The van der Waals surface area contributed by atoms with Crippen molar-refractivity contribution in [1.29, 1.82) is 0 Å². The van der Waals surface area contributed by atoms with Crippen LogP contribution in [-0.2, 0) is 4.74 Å². The molecule has 2 N–H and O–H groups in total. The van der Waals surface area contributed by atoms with Crippen LogP contribution < -0.4 is 0 Å². The van der Waals surface area contributed by atoms with Gasteiger partial charge in [-0.2, -0.15) is 0 Å². The van der Waals surface area contributed by atoms with Gasteiger partial charge in [0.05, 0.1) is 17.3 Å². The molecule has 0 aromatic heterocycles. The summed E-state index contributed by atoms with van der Waals surface area (Å²) in [6, 6.07) is 0. The van der Waals surface area contributed by atoms with E-state index in [1.807, 2.05) is 12.2 Å². The zero-order chi connectivity index (χ0) is 17.0. The Morgan fingerprint density at radius 3 is 2.57 bits per heavy atom. The number of allylic oxidation sites excluding steroid dienone is 3. The van der Waals surface area contributed by atoms with Crippen molar-refractivity contribution >= 4 is 0 Å². The third-order valence-corrected chi connectivity index (χ3v) is 6.63. The third-order valence-electron chi connectivity index (χ3n) is 6.63. The molecular formula is C20H32O3. The number of hydrogen-bond donors (Lipinski definition) is 2. The summed E-state index contributed by atoms with van der Waals surface area (Å²) in [5.41, 5.74) is 0.481. The normalized spacial score (nSPS) is 47.3. The van der Waals surface area contributed by atoms with Gasteiger partial charge in [0.15, 0.2) is 0 Å². The number of rotatable bonds is 3. The molecule has 0 bridgehead atoms. The molecule has 1 aliphatic heterocycles. The fourth-order valence-corrected chi connectivity index (χ4v) is 4.96. The van der Waals surface area contributed by atoms with E-state index in [9.17, 15) is 10.2 Å². The Morgan fingerprint density at radius 2 is 1.91 bits per heavy atom.